The lowest BCUT2D eigenvalue weighted by atomic mass is 9.96. The minimum Gasteiger partial charge on any atom is -0.386 e. The van der Waals surface area contributed by atoms with Crippen molar-refractivity contribution in [1.29, 1.82) is 0 Å². The molecule has 0 aliphatic rings. The number of hydrogen-bond donors (Lipinski definition) is 4. The normalized spacial score (nSPS) is 11.6. The summed E-state index contributed by atoms with van der Waals surface area (Å²) >= 11 is 0.957. The van der Waals surface area contributed by atoms with Gasteiger partial charge in [0.25, 0.3) is 5.91 Å². The fourth-order valence-electron chi connectivity index (χ4n) is 3.56. The molecule has 0 saturated heterocycles. The van der Waals surface area contributed by atoms with Gasteiger partial charge in [0.2, 0.25) is 5.89 Å². The number of pyridine rings is 1. The summed E-state index contributed by atoms with van der Waals surface area (Å²) in [5, 5.41) is 20.4. The van der Waals surface area contributed by atoms with E-state index >= 15 is 0 Å². The molecule has 200 valence electrons. The lowest BCUT2D eigenvalue weighted by molar-refractivity contribution is 0.0778. The number of halogens is 2. The van der Waals surface area contributed by atoms with E-state index in [0.29, 0.717) is 36.3 Å². The highest BCUT2D eigenvalue weighted by Crippen LogP contribution is 2.40. The number of nitrogens with one attached hydrogen (secondary N) is 2. The summed E-state index contributed by atoms with van der Waals surface area (Å²) in [6, 6.07) is 8.71. The van der Waals surface area contributed by atoms with E-state index in [9.17, 15) is 18.7 Å². The van der Waals surface area contributed by atoms with Crippen molar-refractivity contribution in [2.24, 2.45) is 5.73 Å². The van der Waals surface area contributed by atoms with Crippen LogP contribution in [0.25, 0.3) is 10.4 Å². The molecule has 4 aromatic rings. The number of hydrogen-bond acceptors (Lipinski definition) is 10. The number of aromatic nitrogens is 3. The van der Waals surface area contributed by atoms with E-state index in [1.54, 1.807) is 18.2 Å². The van der Waals surface area contributed by atoms with Crippen LogP contribution in [-0.4, -0.2) is 33.2 Å². The fraction of sp³-hybridized carbons (Fsp3) is 0.280. The van der Waals surface area contributed by atoms with Crippen LogP contribution in [0.4, 0.5) is 19.6 Å². The molecule has 0 spiro atoms. The molecule has 5 N–H and O–H groups in total. The second-order valence-electron chi connectivity index (χ2n) is 8.87. The third-order valence-electron chi connectivity index (χ3n) is 5.41. The molecule has 13 heteroatoms. The minimum absolute atomic E-state index is 0.0592. The summed E-state index contributed by atoms with van der Waals surface area (Å²) in [5.74, 6) is -1.26. The number of ether oxygens (including phenoxy) is 1. The maximum absolute atomic E-state index is 14.9. The minimum atomic E-state index is -1.43. The Bertz CT molecular complexity index is 1430. The van der Waals surface area contributed by atoms with Crippen LogP contribution < -0.4 is 16.4 Å². The smallest absolute Gasteiger partial charge is 0.251 e. The van der Waals surface area contributed by atoms with Gasteiger partial charge in [0.15, 0.2) is 5.82 Å². The van der Waals surface area contributed by atoms with E-state index in [0.717, 1.165) is 23.5 Å². The van der Waals surface area contributed by atoms with Crippen molar-refractivity contribution in [3.05, 3.63) is 76.6 Å². The molecule has 0 atom stereocenters. The van der Waals surface area contributed by atoms with Gasteiger partial charge in [-0.2, -0.15) is 4.98 Å². The first-order valence-electron chi connectivity index (χ1n) is 11.4. The average molecular weight is 545 g/mol. The summed E-state index contributed by atoms with van der Waals surface area (Å²) in [4.78, 5) is 21.0. The highest BCUT2D eigenvalue weighted by Gasteiger charge is 2.24. The molecule has 0 aliphatic heterocycles. The molecule has 0 fully saturated rings. The maximum Gasteiger partial charge on any atom is 0.251 e. The molecule has 0 unspecified atom stereocenters. The maximum atomic E-state index is 14.9. The SMILES string of the molecule is COCc1noc(CNCc2cccc(Nc3sc(-c4c(F)cc(C(C)(C)O)cc4F)cc3C(N)=O)n2)n1. The first kappa shape index (κ1) is 27.3. The van der Waals surface area contributed by atoms with Crippen molar-refractivity contribution >= 4 is 28.1 Å². The molecular formula is C25H26F2N6O4S. The largest absolute Gasteiger partial charge is 0.386 e. The molecule has 0 bridgehead atoms. The number of rotatable bonds is 11. The molecule has 10 nitrogen and oxygen atoms in total. The number of aliphatic hydroxyl groups is 1. The number of anilines is 2. The third kappa shape index (κ3) is 6.37. The molecular weight excluding hydrogens is 518 g/mol. The summed E-state index contributed by atoms with van der Waals surface area (Å²) in [5.41, 5.74) is 4.61. The van der Waals surface area contributed by atoms with Gasteiger partial charge in [-0.05, 0) is 49.7 Å². The summed E-state index contributed by atoms with van der Waals surface area (Å²) in [6.07, 6.45) is 0. The summed E-state index contributed by atoms with van der Waals surface area (Å²) in [6.45, 7) is 3.81. The number of nitrogens with zero attached hydrogens (tertiary/aromatic N) is 3. The number of nitrogens with two attached hydrogens (primary N) is 1. The van der Waals surface area contributed by atoms with Crippen LogP contribution in [0, 0.1) is 11.6 Å². The van der Waals surface area contributed by atoms with E-state index in [2.05, 4.69) is 25.8 Å². The van der Waals surface area contributed by atoms with Crippen molar-refractivity contribution in [3.63, 3.8) is 0 Å². The predicted octanol–water partition coefficient (Wildman–Crippen LogP) is 3.98. The topological polar surface area (TPSA) is 148 Å². The monoisotopic (exact) mass is 544 g/mol. The van der Waals surface area contributed by atoms with Crippen LogP contribution in [0.3, 0.4) is 0 Å². The van der Waals surface area contributed by atoms with Crippen molar-refractivity contribution < 1.29 is 27.9 Å². The summed E-state index contributed by atoms with van der Waals surface area (Å²) in [7, 11) is 1.54. The first-order chi connectivity index (χ1) is 18.0. The Balaban J connectivity index is 1.51. The van der Waals surface area contributed by atoms with Gasteiger partial charge < -0.3 is 30.7 Å². The highest BCUT2D eigenvalue weighted by atomic mass is 32.1. The van der Waals surface area contributed by atoms with Gasteiger partial charge in [0.1, 0.15) is 29.1 Å². The second kappa shape index (κ2) is 11.3. The highest BCUT2D eigenvalue weighted by molar-refractivity contribution is 7.20. The van der Waals surface area contributed by atoms with Gasteiger partial charge in [-0.1, -0.05) is 11.2 Å². The van der Waals surface area contributed by atoms with Crippen molar-refractivity contribution in [2.75, 3.05) is 12.4 Å². The van der Waals surface area contributed by atoms with Gasteiger partial charge in [0, 0.05) is 18.5 Å². The van der Waals surface area contributed by atoms with Crippen molar-refractivity contribution in [2.45, 2.75) is 39.1 Å². The average Bonchev–Trinajstić information content (AvgIpc) is 3.46. The molecule has 1 amide bonds. The van der Waals surface area contributed by atoms with Gasteiger partial charge in [-0.25, -0.2) is 13.8 Å². The Morgan fingerprint density at radius 1 is 1.18 bits per heavy atom. The molecule has 0 aliphatic carbocycles. The molecule has 0 saturated carbocycles. The Morgan fingerprint density at radius 3 is 2.58 bits per heavy atom. The standard InChI is InChI=1S/C25H26F2N6O4S/c1-25(2,35)13-7-16(26)22(17(27)8-13)18-9-15(23(28)34)24(38-18)32-19-6-4-5-14(30-19)10-29-11-21-31-20(12-36-3)33-37-21/h4-9,29,35H,10-12H2,1-3H3,(H2,28,34)(H,30,32). The van der Waals surface area contributed by atoms with Gasteiger partial charge in [0.05, 0.1) is 29.0 Å². The van der Waals surface area contributed by atoms with Crippen LogP contribution in [0.15, 0.2) is 40.9 Å². The third-order valence-corrected chi connectivity index (χ3v) is 6.47. The zero-order valence-corrected chi connectivity index (χ0v) is 21.7. The van der Waals surface area contributed by atoms with E-state index in [1.807, 2.05) is 0 Å². The Hall–Kier alpha value is -3.78. The van der Waals surface area contributed by atoms with Gasteiger partial charge >= 0.3 is 0 Å². The number of benzene rings is 1. The van der Waals surface area contributed by atoms with Gasteiger partial charge in [-0.15, -0.1) is 11.3 Å². The van der Waals surface area contributed by atoms with E-state index < -0.39 is 23.1 Å². The number of methoxy groups -OCH3 is 1. The quantitative estimate of drug-likeness (QED) is 0.220. The van der Waals surface area contributed by atoms with Crippen LogP contribution in [0.1, 0.15) is 47.2 Å². The van der Waals surface area contributed by atoms with Crippen molar-refractivity contribution in [3.8, 4) is 10.4 Å². The van der Waals surface area contributed by atoms with Crippen LogP contribution in [-0.2, 0) is 30.0 Å². The molecule has 0 radical (unpaired) electrons. The molecule has 3 aromatic heterocycles. The number of carbonyl (C=O) groups excluding carboxylic acids is 1. The number of primary amides is 1. The van der Waals surface area contributed by atoms with Crippen LogP contribution in [0.5, 0.6) is 0 Å². The lowest BCUT2D eigenvalue weighted by Crippen LogP contribution is -2.16. The number of carbonyl (C=O) groups is 1. The van der Waals surface area contributed by atoms with Crippen LogP contribution >= 0.6 is 11.3 Å². The molecule has 1 aromatic carbocycles. The zero-order chi connectivity index (χ0) is 27.4. The lowest BCUT2D eigenvalue weighted by Gasteiger charge is -2.18. The Morgan fingerprint density at radius 2 is 1.92 bits per heavy atom. The van der Waals surface area contributed by atoms with E-state index in [-0.39, 0.29) is 33.2 Å². The van der Waals surface area contributed by atoms with Crippen molar-refractivity contribution in [1.82, 2.24) is 20.4 Å². The number of thiophene rings is 1. The van der Waals surface area contributed by atoms with E-state index in [4.69, 9.17) is 15.0 Å². The molecule has 38 heavy (non-hydrogen) atoms. The van der Waals surface area contributed by atoms with Gasteiger partial charge in [-0.3, -0.25) is 4.79 Å². The summed E-state index contributed by atoms with van der Waals surface area (Å²) < 4.78 is 39.9. The van der Waals surface area contributed by atoms with E-state index in [1.165, 1.54) is 27.0 Å². The Labute approximate surface area is 220 Å². The molecule has 3 heterocycles. The number of amides is 1. The predicted molar refractivity (Wildman–Crippen MR) is 137 cm³/mol. The fourth-order valence-corrected chi connectivity index (χ4v) is 4.68. The Kier molecular flexibility index (Phi) is 8.11. The second-order valence-corrected chi connectivity index (χ2v) is 9.92. The van der Waals surface area contributed by atoms with Crippen LogP contribution in [0.2, 0.25) is 0 Å². The molecule has 4 rings (SSSR count). The first-order valence-corrected chi connectivity index (χ1v) is 12.3. The zero-order valence-electron chi connectivity index (χ0n) is 20.8.